The lowest BCUT2D eigenvalue weighted by molar-refractivity contribution is -0.134. The molecule has 1 unspecified atom stereocenters. The van der Waals surface area contributed by atoms with Crippen LogP contribution in [-0.4, -0.2) is 48.4 Å². The molecule has 0 aromatic heterocycles. The number of nitrogens with zero attached hydrogens (tertiary/aromatic N) is 2. The van der Waals surface area contributed by atoms with Crippen molar-refractivity contribution in [2.45, 2.75) is 59.0 Å². The molecular formula is C24H34N2O3S. The molecule has 2 saturated carbocycles. The van der Waals surface area contributed by atoms with Crippen molar-refractivity contribution in [3.8, 4) is 0 Å². The third-order valence-electron chi connectivity index (χ3n) is 9.24. The fourth-order valence-corrected chi connectivity index (χ4v) is 9.95. The van der Waals surface area contributed by atoms with Crippen LogP contribution in [0.4, 0.5) is 0 Å². The third-order valence-corrected chi connectivity index (χ3v) is 11.1. The molecule has 2 aliphatic carbocycles. The molecule has 5 rings (SSSR count). The van der Waals surface area contributed by atoms with Crippen LogP contribution in [0.25, 0.3) is 0 Å². The zero-order chi connectivity index (χ0) is 21.3. The lowest BCUT2D eigenvalue weighted by Crippen LogP contribution is -2.47. The number of carbonyl (C=O) groups is 1. The molecule has 2 heterocycles. The first-order valence-electron chi connectivity index (χ1n) is 11.5. The summed E-state index contributed by atoms with van der Waals surface area (Å²) >= 11 is 0. The van der Waals surface area contributed by atoms with E-state index in [4.69, 9.17) is 0 Å². The number of amides is 1. The van der Waals surface area contributed by atoms with Gasteiger partial charge in [-0.1, -0.05) is 57.5 Å². The molecule has 1 spiro atoms. The van der Waals surface area contributed by atoms with Gasteiger partial charge in [-0.15, -0.1) is 0 Å². The van der Waals surface area contributed by atoms with Crippen molar-refractivity contribution in [3.63, 3.8) is 0 Å². The quantitative estimate of drug-likeness (QED) is 0.733. The summed E-state index contributed by atoms with van der Waals surface area (Å²) in [6.45, 7) is 8.93. The Bertz CT molecular complexity index is 944. The maximum atomic E-state index is 13.8. The number of rotatable bonds is 4. The van der Waals surface area contributed by atoms with Gasteiger partial charge in [0.05, 0.1) is 17.7 Å². The highest BCUT2D eigenvalue weighted by Crippen LogP contribution is 2.70. The Balaban J connectivity index is 1.40. The molecule has 30 heavy (non-hydrogen) atoms. The lowest BCUT2D eigenvalue weighted by Gasteiger charge is -2.37. The molecular weight excluding hydrogens is 396 g/mol. The van der Waals surface area contributed by atoms with Crippen molar-refractivity contribution in [2.24, 2.45) is 28.6 Å². The zero-order valence-electron chi connectivity index (χ0n) is 18.4. The normalized spacial score (nSPS) is 38.8. The highest BCUT2D eigenvalue weighted by Gasteiger charge is 2.72. The van der Waals surface area contributed by atoms with Crippen LogP contribution < -0.4 is 0 Å². The van der Waals surface area contributed by atoms with Crippen LogP contribution in [0.1, 0.15) is 52.0 Å². The summed E-state index contributed by atoms with van der Waals surface area (Å²) in [5.41, 5.74) is 0.998. The van der Waals surface area contributed by atoms with E-state index in [9.17, 15) is 13.2 Å². The molecule has 0 N–H and O–H groups in total. The Hall–Kier alpha value is -1.40. The minimum Gasteiger partial charge on any atom is -0.298 e. The van der Waals surface area contributed by atoms with Crippen molar-refractivity contribution in [1.82, 2.24) is 9.21 Å². The van der Waals surface area contributed by atoms with Crippen LogP contribution in [0.15, 0.2) is 30.3 Å². The molecule has 1 amide bonds. The van der Waals surface area contributed by atoms with Gasteiger partial charge in [-0.25, -0.2) is 12.7 Å². The molecule has 6 heteroatoms. The van der Waals surface area contributed by atoms with E-state index in [-0.39, 0.29) is 40.4 Å². The van der Waals surface area contributed by atoms with Gasteiger partial charge in [0.2, 0.25) is 15.9 Å². The van der Waals surface area contributed by atoms with E-state index < -0.39 is 10.0 Å². The molecule has 2 aliphatic heterocycles. The van der Waals surface area contributed by atoms with Crippen LogP contribution in [-0.2, 0) is 21.4 Å². The van der Waals surface area contributed by atoms with Crippen molar-refractivity contribution >= 4 is 15.9 Å². The molecule has 5 nitrogen and oxygen atoms in total. The number of hydrogen-bond acceptors (Lipinski definition) is 4. The second kappa shape index (κ2) is 6.80. The first-order chi connectivity index (χ1) is 14.2. The van der Waals surface area contributed by atoms with Crippen LogP contribution >= 0.6 is 0 Å². The molecule has 1 aromatic rings. The number of likely N-dealkylation sites (tertiary alicyclic amines) is 1. The van der Waals surface area contributed by atoms with E-state index in [0.29, 0.717) is 12.5 Å². The number of hydrogen-bond donors (Lipinski definition) is 0. The number of sulfonamides is 1. The molecule has 164 valence electrons. The fourth-order valence-electron chi connectivity index (χ4n) is 7.37. The summed E-state index contributed by atoms with van der Waals surface area (Å²) in [7, 11) is -3.54. The van der Waals surface area contributed by atoms with Gasteiger partial charge in [-0.2, -0.15) is 0 Å². The zero-order valence-corrected chi connectivity index (χ0v) is 19.2. The average molecular weight is 431 g/mol. The maximum absolute atomic E-state index is 13.8. The lowest BCUT2D eigenvalue weighted by atomic mass is 9.69. The van der Waals surface area contributed by atoms with Gasteiger partial charge in [-0.05, 0) is 42.1 Å². The molecule has 4 fully saturated rings. The standard InChI is InChI=1S/C24H34N2O3S/c1-4-18-14-25(13-17-8-6-5-7-9-17)15-20(18)22(27)26-21-12-19-10-11-24(21,23(19,2)3)16-30(26,28)29/h5-9,18-21H,4,10-16H2,1-3H3/t18-,19?,20+,21-,24-/m1/s1. The monoisotopic (exact) mass is 430 g/mol. The summed E-state index contributed by atoms with van der Waals surface area (Å²) in [5.74, 6) is 0.582. The molecule has 5 atom stereocenters. The number of carbonyl (C=O) groups excluding carboxylic acids is 1. The van der Waals surface area contributed by atoms with Gasteiger partial charge < -0.3 is 0 Å². The smallest absolute Gasteiger partial charge is 0.241 e. The fraction of sp³-hybridized carbons (Fsp3) is 0.708. The first kappa shape index (κ1) is 20.5. The molecule has 1 aromatic carbocycles. The van der Waals surface area contributed by atoms with Gasteiger partial charge >= 0.3 is 0 Å². The second-order valence-electron chi connectivity index (χ2n) is 10.7. The summed E-state index contributed by atoms with van der Waals surface area (Å²) < 4.78 is 28.0. The SMILES string of the molecule is CC[C@@H]1CN(Cc2ccccc2)C[C@@H]1C(=O)N1[C@@H]2CC3CC[C@]2(CS1(=O)=O)C3(C)C. The van der Waals surface area contributed by atoms with Crippen molar-refractivity contribution in [2.75, 3.05) is 18.8 Å². The van der Waals surface area contributed by atoms with Crippen LogP contribution in [0.2, 0.25) is 0 Å². The highest BCUT2D eigenvalue weighted by atomic mass is 32.2. The summed E-state index contributed by atoms with van der Waals surface area (Å²) in [6.07, 6.45) is 3.81. The van der Waals surface area contributed by atoms with Gasteiger partial charge in [0, 0.05) is 25.0 Å². The Kier molecular flexibility index (Phi) is 4.64. The van der Waals surface area contributed by atoms with E-state index in [1.165, 1.54) is 9.87 Å². The topological polar surface area (TPSA) is 57.7 Å². The van der Waals surface area contributed by atoms with Crippen LogP contribution in [0.3, 0.4) is 0 Å². The van der Waals surface area contributed by atoms with Gasteiger partial charge in [-0.3, -0.25) is 9.69 Å². The van der Waals surface area contributed by atoms with E-state index >= 15 is 0 Å². The Morgan fingerprint density at radius 3 is 2.57 bits per heavy atom. The van der Waals surface area contributed by atoms with Crippen molar-refractivity contribution < 1.29 is 13.2 Å². The van der Waals surface area contributed by atoms with Crippen LogP contribution in [0.5, 0.6) is 0 Å². The highest BCUT2D eigenvalue weighted by molar-refractivity contribution is 7.90. The first-order valence-corrected chi connectivity index (χ1v) is 13.1. The van der Waals surface area contributed by atoms with E-state index in [0.717, 1.165) is 38.8 Å². The summed E-state index contributed by atoms with van der Waals surface area (Å²) in [5, 5.41) is 0. The van der Waals surface area contributed by atoms with Crippen molar-refractivity contribution in [3.05, 3.63) is 35.9 Å². The molecule has 0 radical (unpaired) electrons. The minimum absolute atomic E-state index is 0.00105. The predicted octanol–water partition coefficient (Wildman–Crippen LogP) is 3.51. The van der Waals surface area contributed by atoms with Crippen molar-refractivity contribution in [1.29, 1.82) is 0 Å². The van der Waals surface area contributed by atoms with E-state index in [2.05, 4.69) is 37.8 Å². The minimum atomic E-state index is -3.54. The number of benzene rings is 1. The maximum Gasteiger partial charge on any atom is 0.241 e. The van der Waals surface area contributed by atoms with E-state index in [1.807, 2.05) is 18.2 Å². The number of fused-ring (bicyclic) bond motifs is 1. The van der Waals surface area contributed by atoms with Gasteiger partial charge in [0.15, 0.2) is 0 Å². The molecule has 4 aliphatic rings. The molecule has 2 bridgehead atoms. The largest absolute Gasteiger partial charge is 0.298 e. The van der Waals surface area contributed by atoms with Crippen LogP contribution in [0, 0.1) is 28.6 Å². The third kappa shape index (κ3) is 2.75. The van der Waals surface area contributed by atoms with E-state index in [1.54, 1.807) is 0 Å². The Labute approximate surface area is 180 Å². The summed E-state index contributed by atoms with van der Waals surface area (Å²) in [4.78, 5) is 16.1. The second-order valence-corrected chi connectivity index (χ2v) is 12.6. The average Bonchev–Trinajstić information content (AvgIpc) is 3.34. The Morgan fingerprint density at radius 2 is 1.90 bits per heavy atom. The molecule has 2 saturated heterocycles. The predicted molar refractivity (Wildman–Crippen MR) is 117 cm³/mol. The van der Waals surface area contributed by atoms with Gasteiger partial charge in [0.1, 0.15) is 0 Å². The Morgan fingerprint density at radius 1 is 1.17 bits per heavy atom. The van der Waals surface area contributed by atoms with Gasteiger partial charge in [0.25, 0.3) is 0 Å². The summed E-state index contributed by atoms with van der Waals surface area (Å²) in [6, 6.07) is 10.2.